The molecule has 0 spiro atoms. The van der Waals surface area contributed by atoms with Crippen LogP contribution in [0.5, 0.6) is 0 Å². The average Bonchev–Trinajstić information content (AvgIpc) is 2.18. The Morgan fingerprint density at radius 1 is 1.62 bits per heavy atom. The summed E-state index contributed by atoms with van der Waals surface area (Å²) in [6.07, 6.45) is 8.23. The summed E-state index contributed by atoms with van der Waals surface area (Å²) in [7, 11) is 0. The van der Waals surface area contributed by atoms with Gasteiger partial charge in [-0.25, -0.2) is 0 Å². The minimum Gasteiger partial charge on any atom is -0.294 e. The molecule has 1 atom stereocenters. The number of carbonyl (C=O) groups excluding carboxylic acids is 1. The summed E-state index contributed by atoms with van der Waals surface area (Å²) < 4.78 is 0. The zero-order chi connectivity index (χ0) is 9.26. The minimum absolute atomic E-state index is 0.338. The van der Waals surface area contributed by atoms with Gasteiger partial charge in [0.15, 0.2) is 5.78 Å². The highest BCUT2D eigenvalue weighted by atomic mass is 32.2. The maximum atomic E-state index is 11.5. The van der Waals surface area contributed by atoms with E-state index in [1.165, 1.54) is 4.91 Å². The molecule has 70 valence electrons. The molecule has 0 amide bonds. The number of allylic oxidation sites excluding steroid dienone is 2. The summed E-state index contributed by atoms with van der Waals surface area (Å²) in [6.45, 7) is 0. The lowest BCUT2D eigenvalue weighted by molar-refractivity contribution is -0.115. The smallest absolute Gasteiger partial charge is 0.164 e. The van der Waals surface area contributed by atoms with E-state index in [4.69, 9.17) is 0 Å². The molecule has 1 unspecified atom stereocenters. The Morgan fingerprint density at radius 2 is 2.46 bits per heavy atom. The Bertz CT molecular complexity index is 291. The van der Waals surface area contributed by atoms with Crippen molar-refractivity contribution in [2.24, 2.45) is 0 Å². The monoisotopic (exact) mass is 212 g/mol. The molecule has 0 bridgehead atoms. The van der Waals surface area contributed by atoms with Gasteiger partial charge in [-0.05, 0) is 12.7 Å². The summed E-state index contributed by atoms with van der Waals surface area (Å²) in [5.74, 6) is 1.30. The van der Waals surface area contributed by atoms with E-state index in [1.807, 2.05) is 23.5 Å². The van der Waals surface area contributed by atoms with Crippen LogP contribution in [0.15, 0.2) is 22.6 Å². The van der Waals surface area contributed by atoms with E-state index < -0.39 is 0 Å². The lowest BCUT2D eigenvalue weighted by Crippen LogP contribution is -2.16. The fraction of sp³-hybridized carbons (Fsp3) is 0.500. The van der Waals surface area contributed by atoms with Gasteiger partial charge in [-0.3, -0.25) is 4.79 Å². The van der Waals surface area contributed by atoms with Gasteiger partial charge in [0.2, 0.25) is 0 Å². The Kier molecular flexibility index (Phi) is 2.84. The van der Waals surface area contributed by atoms with Crippen molar-refractivity contribution in [1.82, 2.24) is 0 Å². The van der Waals surface area contributed by atoms with E-state index in [2.05, 4.69) is 18.4 Å². The average molecular weight is 212 g/mol. The van der Waals surface area contributed by atoms with E-state index in [0.717, 1.165) is 24.2 Å². The van der Waals surface area contributed by atoms with Crippen molar-refractivity contribution < 1.29 is 4.79 Å². The normalized spacial score (nSPS) is 27.8. The molecular formula is C10H12OS2. The van der Waals surface area contributed by atoms with E-state index >= 15 is 0 Å². The van der Waals surface area contributed by atoms with Crippen LogP contribution < -0.4 is 0 Å². The quantitative estimate of drug-likeness (QED) is 0.665. The van der Waals surface area contributed by atoms with Gasteiger partial charge in [0.1, 0.15) is 0 Å². The van der Waals surface area contributed by atoms with Crippen molar-refractivity contribution >= 4 is 29.3 Å². The Balaban J connectivity index is 2.23. The molecule has 0 N–H and O–H groups in total. The first-order valence-electron chi connectivity index (χ1n) is 4.42. The third-order valence-electron chi connectivity index (χ3n) is 2.35. The number of fused-ring (bicyclic) bond motifs is 1. The third-order valence-corrected chi connectivity index (χ3v) is 4.36. The molecule has 2 rings (SSSR count). The highest BCUT2D eigenvalue weighted by molar-refractivity contribution is 8.03. The zero-order valence-corrected chi connectivity index (χ0v) is 9.21. The van der Waals surface area contributed by atoms with Gasteiger partial charge >= 0.3 is 0 Å². The van der Waals surface area contributed by atoms with Crippen LogP contribution in [-0.4, -0.2) is 23.0 Å². The summed E-state index contributed by atoms with van der Waals surface area (Å²) in [4.78, 5) is 12.7. The van der Waals surface area contributed by atoms with E-state index in [0.29, 0.717) is 11.0 Å². The minimum atomic E-state index is 0.338. The van der Waals surface area contributed by atoms with Gasteiger partial charge in [0.05, 0.1) is 0 Å². The van der Waals surface area contributed by atoms with Crippen molar-refractivity contribution in [2.75, 3.05) is 12.0 Å². The molecule has 1 aliphatic heterocycles. The third kappa shape index (κ3) is 1.86. The van der Waals surface area contributed by atoms with Crippen molar-refractivity contribution in [3.63, 3.8) is 0 Å². The molecule has 1 heterocycles. The molecule has 1 fully saturated rings. The summed E-state index contributed by atoms with van der Waals surface area (Å²) in [6, 6.07) is 0. The number of carbonyl (C=O) groups is 1. The van der Waals surface area contributed by atoms with Crippen LogP contribution in [0, 0.1) is 0 Å². The van der Waals surface area contributed by atoms with Gasteiger partial charge < -0.3 is 0 Å². The molecule has 3 heteroatoms. The number of ketones is 1. The Hall–Kier alpha value is -0.150. The zero-order valence-electron chi connectivity index (χ0n) is 7.58. The first kappa shape index (κ1) is 9.41. The molecule has 0 radical (unpaired) electrons. The molecule has 1 aliphatic carbocycles. The Labute approximate surface area is 87.0 Å². The first-order chi connectivity index (χ1) is 6.31. The summed E-state index contributed by atoms with van der Waals surface area (Å²) >= 11 is 3.69. The molecule has 0 aromatic heterocycles. The van der Waals surface area contributed by atoms with Gasteiger partial charge in [-0.1, -0.05) is 12.2 Å². The highest BCUT2D eigenvalue weighted by Gasteiger charge is 2.24. The van der Waals surface area contributed by atoms with E-state index in [1.54, 1.807) is 0 Å². The molecule has 0 saturated carbocycles. The molecule has 1 nitrogen and oxygen atoms in total. The van der Waals surface area contributed by atoms with Crippen LogP contribution in [0.4, 0.5) is 0 Å². The summed E-state index contributed by atoms with van der Waals surface area (Å²) in [5, 5.41) is 0.581. The number of hydrogen-bond donors (Lipinski definition) is 0. The van der Waals surface area contributed by atoms with Crippen LogP contribution in [0.3, 0.4) is 0 Å². The predicted molar refractivity (Wildman–Crippen MR) is 60.2 cm³/mol. The molecule has 0 aromatic carbocycles. The number of thioether (sulfide) groups is 2. The second kappa shape index (κ2) is 3.93. The van der Waals surface area contributed by atoms with Crippen molar-refractivity contribution in [3.05, 3.63) is 22.6 Å². The molecule has 2 aliphatic rings. The van der Waals surface area contributed by atoms with Crippen LogP contribution >= 0.6 is 23.5 Å². The second-order valence-electron chi connectivity index (χ2n) is 3.18. The van der Waals surface area contributed by atoms with Crippen molar-refractivity contribution in [2.45, 2.75) is 18.1 Å². The largest absolute Gasteiger partial charge is 0.294 e. The number of rotatable bonds is 1. The molecule has 0 aromatic rings. The van der Waals surface area contributed by atoms with E-state index in [-0.39, 0.29) is 0 Å². The molecule has 1 saturated heterocycles. The molecular weight excluding hydrogens is 200 g/mol. The van der Waals surface area contributed by atoms with Crippen LogP contribution in [-0.2, 0) is 4.79 Å². The van der Waals surface area contributed by atoms with Crippen molar-refractivity contribution in [1.29, 1.82) is 0 Å². The van der Waals surface area contributed by atoms with Crippen LogP contribution in [0.1, 0.15) is 12.8 Å². The fourth-order valence-electron chi connectivity index (χ4n) is 1.59. The number of hydrogen-bond acceptors (Lipinski definition) is 3. The van der Waals surface area contributed by atoms with Gasteiger partial charge in [0, 0.05) is 27.9 Å². The van der Waals surface area contributed by atoms with Gasteiger partial charge in [-0.2, -0.15) is 11.8 Å². The standard InChI is InChI=1S/C10H12OS2/c1-12-7-2-3-8-9(11)4-5-13-10(8)6-7/h3,6-7H,2,4-5H2,1H3. The Morgan fingerprint density at radius 3 is 3.23 bits per heavy atom. The lowest BCUT2D eigenvalue weighted by Gasteiger charge is -2.22. The highest BCUT2D eigenvalue weighted by Crippen LogP contribution is 2.37. The fourth-order valence-corrected chi connectivity index (χ4v) is 3.36. The van der Waals surface area contributed by atoms with Gasteiger partial charge in [0.25, 0.3) is 0 Å². The maximum Gasteiger partial charge on any atom is 0.164 e. The predicted octanol–water partition coefficient (Wildman–Crippen LogP) is 2.64. The summed E-state index contributed by atoms with van der Waals surface area (Å²) in [5.41, 5.74) is 0.988. The topological polar surface area (TPSA) is 17.1 Å². The van der Waals surface area contributed by atoms with Crippen molar-refractivity contribution in [3.8, 4) is 0 Å². The lowest BCUT2D eigenvalue weighted by atomic mass is 10.0. The maximum absolute atomic E-state index is 11.5. The SMILES string of the molecule is CSC1C=C2SCCC(=O)C2=CC1. The molecule has 13 heavy (non-hydrogen) atoms. The van der Waals surface area contributed by atoms with Crippen LogP contribution in [0.2, 0.25) is 0 Å². The van der Waals surface area contributed by atoms with Crippen LogP contribution in [0.25, 0.3) is 0 Å². The van der Waals surface area contributed by atoms with Gasteiger partial charge in [-0.15, -0.1) is 11.8 Å². The first-order valence-corrected chi connectivity index (χ1v) is 6.70. The number of Topliss-reactive ketones (excluding diaryl/α,β-unsaturated/α-hetero) is 1. The second-order valence-corrected chi connectivity index (χ2v) is 5.39. The van der Waals surface area contributed by atoms with E-state index in [9.17, 15) is 4.79 Å².